The van der Waals surface area contributed by atoms with Gasteiger partial charge in [-0.1, -0.05) is 60.7 Å². The molecule has 5 rings (SSSR count). The van der Waals surface area contributed by atoms with Gasteiger partial charge in [0.2, 0.25) is 0 Å². The molecule has 0 atom stereocenters. The van der Waals surface area contributed by atoms with E-state index in [9.17, 15) is 4.79 Å². The van der Waals surface area contributed by atoms with Gasteiger partial charge in [-0.25, -0.2) is 4.98 Å². The van der Waals surface area contributed by atoms with Crippen molar-refractivity contribution in [3.8, 4) is 0 Å². The van der Waals surface area contributed by atoms with Gasteiger partial charge in [0, 0.05) is 36.5 Å². The van der Waals surface area contributed by atoms with Crippen LogP contribution >= 0.6 is 23.7 Å². The van der Waals surface area contributed by atoms with E-state index in [1.54, 1.807) is 11.3 Å². The Kier molecular flexibility index (Phi) is 6.13. The zero-order chi connectivity index (χ0) is 19.6. The molecule has 0 bridgehead atoms. The van der Waals surface area contributed by atoms with E-state index in [1.165, 1.54) is 10.4 Å². The monoisotopic (exact) mass is 435 g/mol. The molecule has 4 aromatic rings. The molecule has 0 saturated heterocycles. The molecule has 1 aliphatic rings. The Morgan fingerprint density at radius 1 is 1.00 bits per heavy atom. The predicted molar refractivity (Wildman–Crippen MR) is 126 cm³/mol. The molecule has 1 amide bonds. The molecule has 152 valence electrons. The predicted octanol–water partition coefficient (Wildman–Crippen LogP) is 5.53. The largest absolute Gasteiger partial charge is 0.298 e. The zero-order valence-electron chi connectivity index (χ0n) is 16.4. The lowest BCUT2D eigenvalue weighted by atomic mass is 10.1. The van der Waals surface area contributed by atoms with Gasteiger partial charge in [-0.2, -0.15) is 0 Å². The fraction of sp³-hybridized carbons (Fsp3) is 0.167. The Morgan fingerprint density at radius 3 is 2.60 bits per heavy atom. The van der Waals surface area contributed by atoms with Crippen molar-refractivity contribution in [1.29, 1.82) is 0 Å². The number of nitrogens with zero attached hydrogens (tertiary/aromatic N) is 2. The number of halogens is 1. The van der Waals surface area contributed by atoms with Crippen LogP contribution in [0.5, 0.6) is 0 Å². The van der Waals surface area contributed by atoms with Gasteiger partial charge in [0.25, 0.3) is 5.91 Å². The van der Waals surface area contributed by atoms with E-state index in [1.807, 2.05) is 48.5 Å². The van der Waals surface area contributed by atoms with Crippen molar-refractivity contribution in [2.45, 2.75) is 19.5 Å². The number of anilines is 1. The summed E-state index contributed by atoms with van der Waals surface area (Å²) in [7, 11) is 0. The zero-order valence-corrected chi connectivity index (χ0v) is 18.0. The number of nitrogens with one attached hydrogen (secondary N) is 1. The normalized spacial score (nSPS) is 13.5. The number of thiazole rings is 1. The lowest BCUT2D eigenvalue weighted by Crippen LogP contribution is -2.29. The third kappa shape index (κ3) is 4.38. The number of aromatic nitrogens is 1. The minimum atomic E-state index is -0.108. The molecular weight excluding hydrogens is 414 g/mol. The number of fused-ring (bicyclic) bond motifs is 2. The molecular formula is C24H22ClN3OS. The van der Waals surface area contributed by atoms with Gasteiger partial charge in [-0.3, -0.25) is 15.0 Å². The average molecular weight is 436 g/mol. The maximum absolute atomic E-state index is 12.7. The van der Waals surface area contributed by atoms with Crippen molar-refractivity contribution in [2.24, 2.45) is 0 Å². The molecule has 4 nitrogen and oxygen atoms in total. The van der Waals surface area contributed by atoms with Crippen molar-refractivity contribution < 1.29 is 4.79 Å². The Labute approximate surface area is 186 Å². The topological polar surface area (TPSA) is 45.2 Å². The average Bonchev–Trinajstić information content (AvgIpc) is 3.15. The van der Waals surface area contributed by atoms with Crippen molar-refractivity contribution in [3.05, 3.63) is 94.5 Å². The number of benzene rings is 3. The molecule has 0 spiro atoms. The molecule has 2 heterocycles. The number of hydrogen-bond acceptors (Lipinski definition) is 4. The van der Waals surface area contributed by atoms with Gasteiger partial charge >= 0.3 is 0 Å². The molecule has 3 aromatic carbocycles. The van der Waals surface area contributed by atoms with Gasteiger partial charge < -0.3 is 0 Å². The Morgan fingerprint density at radius 2 is 1.77 bits per heavy atom. The molecule has 0 aliphatic carbocycles. The number of carbonyl (C=O) groups excluding carboxylic acids is 1. The fourth-order valence-corrected chi connectivity index (χ4v) is 4.82. The highest BCUT2D eigenvalue weighted by Gasteiger charge is 2.21. The minimum absolute atomic E-state index is 0. The summed E-state index contributed by atoms with van der Waals surface area (Å²) in [6.45, 7) is 2.81. The Bertz CT molecular complexity index is 1180. The summed E-state index contributed by atoms with van der Waals surface area (Å²) in [5.41, 5.74) is 3.10. The van der Waals surface area contributed by atoms with Crippen molar-refractivity contribution in [1.82, 2.24) is 9.88 Å². The minimum Gasteiger partial charge on any atom is -0.298 e. The molecule has 0 fully saturated rings. The van der Waals surface area contributed by atoms with Crippen LogP contribution in [0.3, 0.4) is 0 Å². The Balaban J connectivity index is 0.00000218. The van der Waals surface area contributed by atoms with Gasteiger partial charge in [0.15, 0.2) is 5.13 Å². The van der Waals surface area contributed by atoms with Crippen molar-refractivity contribution in [3.63, 3.8) is 0 Å². The molecule has 0 saturated carbocycles. The second kappa shape index (κ2) is 8.96. The maximum atomic E-state index is 12.7. The molecule has 30 heavy (non-hydrogen) atoms. The summed E-state index contributed by atoms with van der Waals surface area (Å²) in [5.74, 6) is -0.108. The number of carbonyl (C=O) groups is 1. The summed E-state index contributed by atoms with van der Waals surface area (Å²) in [5, 5.41) is 5.88. The molecule has 0 unspecified atom stereocenters. The van der Waals surface area contributed by atoms with Crippen molar-refractivity contribution >= 4 is 45.6 Å². The molecule has 1 aliphatic heterocycles. The van der Waals surface area contributed by atoms with Gasteiger partial charge in [-0.05, 0) is 28.5 Å². The fourth-order valence-electron chi connectivity index (χ4n) is 3.78. The van der Waals surface area contributed by atoms with E-state index in [0.29, 0.717) is 10.7 Å². The molecule has 1 N–H and O–H groups in total. The van der Waals surface area contributed by atoms with E-state index in [-0.39, 0.29) is 18.3 Å². The number of hydrogen-bond donors (Lipinski definition) is 1. The van der Waals surface area contributed by atoms with E-state index >= 15 is 0 Å². The van der Waals surface area contributed by atoms with Crippen LogP contribution < -0.4 is 5.32 Å². The smallest absolute Gasteiger partial charge is 0.257 e. The van der Waals surface area contributed by atoms with E-state index in [2.05, 4.69) is 39.5 Å². The van der Waals surface area contributed by atoms with Crippen LogP contribution in [0.4, 0.5) is 5.13 Å². The first-order valence-electron chi connectivity index (χ1n) is 9.79. The van der Waals surface area contributed by atoms with Gasteiger partial charge in [0.1, 0.15) is 0 Å². The summed E-state index contributed by atoms with van der Waals surface area (Å²) in [6.07, 6.45) is 0.921. The van der Waals surface area contributed by atoms with Crippen LogP contribution in [-0.2, 0) is 19.5 Å². The molecule has 1 aromatic heterocycles. The lowest BCUT2D eigenvalue weighted by Gasteiger charge is -2.25. The SMILES string of the molecule is Cl.O=C(Nc1nc2c(s1)CN(Cc1ccccc1)CC2)c1ccc2ccccc2c1. The van der Waals surface area contributed by atoms with E-state index < -0.39 is 0 Å². The second-order valence-corrected chi connectivity index (χ2v) is 8.43. The number of rotatable bonds is 4. The maximum Gasteiger partial charge on any atom is 0.257 e. The first kappa shape index (κ1) is 20.5. The second-order valence-electron chi connectivity index (χ2n) is 7.35. The molecule has 6 heteroatoms. The van der Waals surface area contributed by atoms with Gasteiger partial charge in [-0.15, -0.1) is 23.7 Å². The summed E-state index contributed by atoms with van der Waals surface area (Å²) >= 11 is 1.59. The lowest BCUT2D eigenvalue weighted by molar-refractivity contribution is 0.102. The highest BCUT2D eigenvalue weighted by Crippen LogP contribution is 2.29. The first-order chi connectivity index (χ1) is 14.2. The van der Waals surface area contributed by atoms with E-state index in [4.69, 9.17) is 0 Å². The first-order valence-corrected chi connectivity index (χ1v) is 10.6. The number of amides is 1. The quantitative estimate of drug-likeness (QED) is 0.458. The van der Waals surface area contributed by atoms with Crippen molar-refractivity contribution in [2.75, 3.05) is 11.9 Å². The van der Waals surface area contributed by atoms with Crippen LogP contribution in [0.25, 0.3) is 10.8 Å². The third-order valence-corrected chi connectivity index (χ3v) is 6.29. The standard InChI is InChI=1S/C24H21N3OS.ClH/c28-23(20-11-10-18-8-4-5-9-19(18)14-20)26-24-25-21-12-13-27(16-22(21)29-24)15-17-6-2-1-3-7-17;/h1-11,14H,12-13,15-16H2,(H,25,26,28);1H. The molecule has 0 radical (unpaired) electrons. The Hall–Kier alpha value is -2.73. The van der Waals surface area contributed by atoms with Gasteiger partial charge in [0.05, 0.1) is 5.69 Å². The van der Waals surface area contributed by atoms with Crippen LogP contribution in [-0.4, -0.2) is 22.3 Å². The highest BCUT2D eigenvalue weighted by atomic mass is 35.5. The van der Waals surface area contributed by atoms with Crippen LogP contribution in [0.1, 0.15) is 26.5 Å². The highest BCUT2D eigenvalue weighted by molar-refractivity contribution is 7.15. The summed E-state index contributed by atoms with van der Waals surface area (Å²) in [4.78, 5) is 21.1. The summed E-state index contributed by atoms with van der Waals surface area (Å²) < 4.78 is 0. The summed E-state index contributed by atoms with van der Waals surface area (Å²) in [6, 6.07) is 24.4. The van der Waals surface area contributed by atoms with E-state index in [0.717, 1.165) is 42.5 Å². The van der Waals surface area contributed by atoms with Crippen LogP contribution in [0.2, 0.25) is 0 Å². The van der Waals surface area contributed by atoms with Crippen LogP contribution in [0, 0.1) is 0 Å². The van der Waals surface area contributed by atoms with Crippen LogP contribution in [0.15, 0.2) is 72.8 Å². The third-order valence-electron chi connectivity index (χ3n) is 5.29.